The van der Waals surface area contributed by atoms with Crippen LogP contribution in [-0.2, 0) is 7.05 Å². The van der Waals surface area contributed by atoms with Crippen molar-refractivity contribution in [1.82, 2.24) is 15.0 Å². The van der Waals surface area contributed by atoms with Crippen molar-refractivity contribution in [3.05, 3.63) is 45.7 Å². The number of hydrogen-bond donors (Lipinski definition) is 0. The van der Waals surface area contributed by atoms with Crippen LogP contribution in [0, 0.1) is 6.92 Å². The van der Waals surface area contributed by atoms with E-state index in [1.807, 2.05) is 25.1 Å². The Bertz CT molecular complexity index is 528. The van der Waals surface area contributed by atoms with Crippen molar-refractivity contribution in [2.75, 3.05) is 0 Å². The van der Waals surface area contributed by atoms with Gasteiger partial charge in [-0.1, -0.05) is 29.5 Å². The standard InChI is InChI=1S/C11H10BrN3O/c1-7-5-3-4-6-8(7)10(16)9-11(12)13-14-15(9)2/h3-6H,1-2H3. The minimum absolute atomic E-state index is 0.0718. The summed E-state index contributed by atoms with van der Waals surface area (Å²) in [6, 6.07) is 7.46. The molecule has 0 saturated carbocycles. The van der Waals surface area contributed by atoms with Crippen LogP contribution >= 0.6 is 15.9 Å². The van der Waals surface area contributed by atoms with Gasteiger partial charge in [-0.3, -0.25) is 4.79 Å². The summed E-state index contributed by atoms with van der Waals surface area (Å²) in [5.41, 5.74) is 2.09. The topological polar surface area (TPSA) is 47.8 Å². The summed E-state index contributed by atoms with van der Waals surface area (Å²) in [6.07, 6.45) is 0. The van der Waals surface area contributed by atoms with Crippen LogP contribution in [0.5, 0.6) is 0 Å². The van der Waals surface area contributed by atoms with E-state index < -0.39 is 0 Å². The maximum Gasteiger partial charge on any atom is 0.214 e. The lowest BCUT2D eigenvalue weighted by Crippen LogP contribution is -2.10. The first-order chi connectivity index (χ1) is 7.61. The molecule has 0 N–H and O–H groups in total. The molecule has 0 aliphatic rings. The van der Waals surface area contributed by atoms with Crippen molar-refractivity contribution >= 4 is 21.7 Å². The van der Waals surface area contributed by atoms with E-state index in [2.05, 4.69) is 26.2 Å². The number of hydrogen-bond acceptors (Lipinski definition) is 3. The number of ketones is 1. The summed E-state index contributed by atoms with van der Waals surface area (Å²) >= 11 is 3.22. The van der Waals surface area contributed by atoms with Crippen molar-refractivity contribution in [3.8, 4) is 0 Å². The van der Waals surface area contributed by atoms with E-state index >= 15 is 0 Å². The SMILES string of the molecule is Cc1ccccc1C(=O)c1c(Br)nnn1C. The van der Waals surface area contributed by atoms with Gasteiger partial charge in [0.05, 0.1) is 0 Å². The maximum atomic E-state index is 12.2. The summed E-state index contributed by atoms with van der Waals surface area (Å²) in [5, 5.41) is 7.59. The average molecular weight is 280 g/mol. The van der Waals surface area contributed by atoms with Crippen molar-refractivity contribution in [2.24, 2.45) is 7.05 Å². The maximum absolute atomic E-state index is 12.2. The molecule has 2 aromatic rings. The molecule has 1 aromatic heterocycles. The molecule has 0 atom stereocenters. The number of halogens is 1. The van der Waals surface area contributed by atoms with E-state index in [-0.39, 0.29) is 5.78 Å². The number of aryl methyl sites for hydroxylation is 2. The molecular formula is C11H10BrN3O. The second-order valence-corrected chi connectivity index (χ2v) is 4.25. The monoisotopic (exact) mass is 279 g/mol. The zero-order valence-corrected chi connectivity index (χ0v) is 10.5. The molecule has 0 bridgehead atoms. The van der Waals surface area contributed by atoms with Crippen LogP contribution in [0.25, 0.3) is 0 Å². The first kappa shape index (κ1) is 11.0. The molecule has 0 saturated heterocycles. The third-order valence-corrected chi connectivity index (χ3v) is 2.92. The highest BCUT2D eigenvalue weighted by Crippen LogP contribution is 2.18. The third-order valence-electron chi connectivity index (χ3n) is 2.39. The van der Waals surface area contributed by atoms with Crippen LogP contribution in [0.1, 0.15) is 21.6 Å². The highest BCUT2D eigenvalue weighted by Gasteiger charge is 2.19. The predicted octanol–water partition coefficient (Wildman–Crippen LogP) is 2.12. The summed E-state index contributed by atoms with van der Waals surface area (Å²) < 4.78 is 1.95. The largest absolute Gasteiger partial charge is 0.287 e. The fourth-order valence-electron chi connectivity index (χ4n) is 1.53. The lowest BCUT2D eigenvalue weighted by atomic mass is 10.0. The quantitative estimate of drug-likeness (QED) is 0.792. The van der Waals surface area contributed by atoms with E-state index in [1.54, 1.807) is 13.1 Å². The van der Waals surface area contributed by atoms with Gasteiger partial charge in [-0.15, -0.1) is 5.10 Å². The van der Waals surface area contributed by atoms with Crippen molar-refractivity contribution < 1.29 is 4.79 Å². The molecule has 1 aromatic carbocycles. The van der Waals surface area contributed by atoms with Gasteiger partial charge in [-0.05, 0) is 28.4 Å². The number of rotatable bonds is 2. The van der Waals surface area contributed by atoms with Gasteiger partial charge < -0.3 is 0 Å². The Morgan fingerprint density at radius 2 is 2.06 bits per heavy atom. The fraction of sp³-hybridized carbons (Fsp3) is 0.182. The van der Waals surface area contributed by atoms with Gasteiger partial charge >= 0.3 is 0 Å². The van der Waals surface area contributed by atoms with Gasteiger partial charge in [0.15, 0.2) is 4.60 Å². The van der Waals surface area contributed by atoms with E-state index in [0.29, 0.717) is 15.9 Å². The van der Waals surface area contributed by atoms with Gasteiger partial charge in [0, 0.05) is 12.6 Å². The lowest BCUT2D eigenvalue weighted by Gasteiger charge is -2.04. The minimum Gasteiger partial charge on any atom is -0.287 e. The molecule has 5 heteroatoms. The average Bonchev–Trinajstić information content (AvgIpc) is 2.58. The Kier molecular flexibility index (Phi) is 2.87. The van der Waals surface area contributed by atoms with Gasteiger partial charge in [0.2, 0.25) is 5.78 Å². The first-order valence-electron chi connectivity index (χ1n) is 4.76. The Balaban J connectivity index is 2.52. The second kappa shape index (κ2) is 4.17. The van der Waals surface area contributed by atoms with Crippen LogP contribution in [0.15, 0.2) is 28.9 Å². The molecule has 0 spiro atoms. The van der Waals surface area contributed by atoms with Crippen LogP contribution in [0.4, 0.5) is 0 Å². The molecule has 0 radical (unpaired) electrons. The van der Waals surface area contributed by atoms with Crippen molar-refractivity contribution in [2.45, 2.75) is 6.92 Å². The molecule has 82 valence electrons. The highest BCUT2D eigenvalue weighted by atomic mass is 79.9. The number of carbonyl (C=O) groups is 1. The third kappa shape index (κ3) is 1.78. The van der Waals surface area contributed by atoms with Gasteiger partial charge in [0.1, 0.15) is 5.69 Å². The molecule has 0 aliphatic carbocycles. The molecule has 1 heterocycles. The Morgan fingerprint density at radius 1 is 1.38 bits per heavy atom. The second-order valence-electron chi connectivity index (χ2n) is 3.50. The van der Waals surface area contributed by atoms with Crippen LogP contribution < -0.4 is 0 Å². The molecule has 0 aliphatic heterocycles. The molecule has 0 amide bonds. The summed E-state index contributed by atoms with van der Waals surface area (Å²) in [5.74, 6) is -0.0718. The number of aromatic nitrogens is 3. The Labute approximate surface area is 101 Å². The zero-order valence-electron chi connectivity index (χ0n) is 8.94. The molecule has 0 unspecified atom stereocenters. The molecule has 2 rings (SSSR count). The van der Waals surface area contributed by atoms with E-state index in [1.165, 1.54) is 4.68 Å². The molecule has 0 fully saturated rings. The zero-order chi connectivity index (χ0) is 11.7. The first-order valence-corrected chi connectivity index (χ1v) is 5.56. The fourth-order valence-corrected chi connectivity index (χ4v) is 2.04. The molecule has 4 nitrogen and oxygen atoms in total. The number of nitrogens with zero attached hydrogens (tertiary/aromatic N) is 3. The molecular weight excluding hydrogens is 270 g/mol. The van der Waals surface area contributed by atoms with Gasteiger partial charge in [0.25, 0.3) is 0 Å². The predicted molar refractivity (Wildman–Crippen MR) is 63.3 cm³/mol. The normalized spacial score (nSPS) is 10.4. The number of carbonyl (C=O) groups excluding carboxylic acids is 1. The van der Waals surface area contributed by atoms with Crippen LogP contribution in [0.3, 0.4) is 0 Å². The Morgan fingerprint density at radius 3 is 2.62 bits per heavy atom. The smallest absolute Gasteiger partial charge is 0.214 e. The lowest BCUT2D eigenvalue weighted by molar-refractivity contribution is 0.102. The van der Waals surface area contributed by atoms with Crippen LogP contribution in [0.2, 0.25) is 0 Å². The van der Waals surface area contributed by atoms with Crippen LogP contribution in [-0.4, -0.2) is 20.8 Å². The number of benzene rings is 1. The van der Waals surface area contributed by atoms with Crippen molar-refractivity contribution in [1.29, 1.82) is 0 Å². The molecule has 16 heavy (non-hydrogen) atoms. The van der Waals surface area contributed by atoms with E-state index in [4.69, 9.17) is 0 Å². The van der Waals surface area contributed by atoms with Gasteiger partial charge in [-0.25, -0.2) is 4.68 Å². The van der Waals surface area contributed by atoms with Gasteiger partial charge in [-0.2, -0.15) is 0 Å². The van der Waals surface area contributed by atoms with E-state index in [9.17, 15) is 4.79 Å². The summed E-state index contributed by atoms with van der Waals surface area (Å²) in [6.45, 7) is 1.91. The summed E-state index contributed by atoms with van der Waals surface area (Å²) in [4.78, 5) is 12.2. The highest BCUT2D eigenvalue weighted by molar-refractivity contribution is 9.10. The van der Waals surface area contributed by atoms with Crippen molar-refractivity contribution in [3.63, 3.8) is 0 Å². The van der Waals surface area contributed by atoms with E-state index in [0.717, 1.165) is 5.56 Å². The Hall–Kier alpha value is -1.49. The summed E-state index contributed by atoms with van der Waals surface area (Å²) in [7, 11) is 1.70. The minimum atomic E-state index is -0.0718.